The van der Waals surface area contributed by atoms with Crippen LogP contribution in [0.25, 0.3) is 10.8 Å². The summed E-state index contributed by atoms with van der Waals surface area (Å²) in [6.45, 7) is 1.58. The molecule has 0 saturated carbocycles. The van der Waals surface area contributed by atoms with E-state index in [1.807, 2.05) is 0 Å². The highest BCUT2D eigenvalue weighted by molar-refractivity contribution is 7.17. The molecule has 4 rings (SSSR count). The zero-order valence-electron chi connectivity index (χ0n) is 18.5. The van der Waals surface area contributed by atoms with E-state index in [4.69, 9.17) is 9.47 Å². The number of esters is 2. The third-order valence-corrected chi connectivity index (χ3v) is 6.81. The van der Waals surface area contributed by atoms with Gasteiger partial charge in [0.2, 0.25) is 0 Å². The molecule has 1 unspecified atom stereocenters. The number of aryl methyl sites for hydroxylation is 1. The lowest BCUT2D eigenvalue weighted by Crippen LogP contribution is -2.26. The number of benzene rings is 1. The minimum Gasteiger partial charge on any atom is -0.465 e. The molecule has 0 saturated heterocycles. The number of hydrogen-bond acceptors (Lipinski definition) is 8. The number of nitrogens with one attached hydrogen (secondary N) is 1. The number of rotatable bonds is 5. The van der Waals surface area contributed by atoms with Crippen molar-refractivity contribution in [3.8, 4) is 0 Å². The molecule has 0 radical (unpaired) electrons. The Bertz CT molecular complexity index is 1330. The van der Waals surface area contributed by atoms with Gasteiger partial charge in [-0.3, -0.25) is 9.59 Å². The normalized spacial score (nSPS) is 15.1. The molecular formula is C23H23N3O6S. The second-order valence-corrected chi connectivity index (χ2v) is 9.10. The number of thiophene rings is 1. The van der Waals surface area contributed by atoms with E-state index in [2.05, 4.69) is 17.3 Å². The van der Waals surface area contributed by atoms with Crippen LogP contribution in [0.1, 0.15) is 44.6 Å². The number of ether oxygens (including phenoxy) is 2. The van der Waals surface area contributed by atoms with Gasteiger partial charge >= 0.3 is 11.9 Å². The van der Waals surface area contributed by atoms with Crippen LogP contribution in [-0.4, -0.2) is 41.3 Å². The van der Waals surface area contributed by atoms with Gasteiger partial charge in [0.25, 0.3) is 11.5 Å². The number of amides is 1. The Balaban J connectivity index is 1.51. The van der Waals surface area contributed by atoms with E-state index in [0.29, 0.717) is 27.3 Å². The topological polar surface area (TPSA) is 117 Å². The molecule has 0 bridgehead atoms. The van der Waals surface area contributed by atoms with Crippen molar-refractivity contribution in [3.63, 3.8) is 0 Å². The van der Waals surface area contributed by atoms with Gasteiger partial charge in [0.1, 0.15) is 5.00 Å². The maximum absolute atomic E-state index is 12.6. The van der Waals surface area contributed by atoms with Gasteiger partial charge in [0, 0.05) is 17.3 Å². The van der Waals surface area contributed by atoms with Crippen molar-refractivity contribution in [2.45, 2.75) is 26.2 Å². The summed E-state index contributed by atoms with van der Waals surface area (Å²) in [6, 6.07) is 6.56. The van der Waals surface area contributed by atoms with Crippen LogP contribution in [-0.2, 0) is 34.2 Å². The molecule has 3 aromatic rings. The van der Waals surface area contributed by atoms with Crippen LogP contribution in [0.15, 0.2) is 29.1 Å². The molecule has 1 aliphatic rings. The van der Waals surface area contributed by atoms with Gasteiger partial charge in [-0.05, 0) is 36.8 Å². The van der Waals surface area contributed by atoms with E-state index >= 15 is 0 Å². The molecule has 0 spiro atoms. The van der Waals surface area contributed by atoms with Crippen molar-refractivity contribution in [2.75, 3.05) is 19.0 Å². The highest BCUT2D eigenvalue weighted by Gasteiger charge is 2.29. The van der Waals surface area contributed by atoms with E-state index in [1.54, 1.807) is 24.3 Å². The average Bonchev–Trinajstić information content (AvgIpc) is 3.15. The van der Waals surface area contributed by atoms with Crippen LogP contribution < -0.4 is 10.9 Å². The lowest BCUT2D eigenvalue weighted by Gasteiger charge is -2.18. The molecule has 1 N–H and O–H groups in total. The number of hydrogen-bond donors (Lipinski definition) is 1. The van der Waals surface area contributed by atoms with Crippen molar-refractivity contribution in [2.24, 2.45) is 13.0 Å². The molecule has 33 heavy (non-hydrogen) atoms. The lowest BCUT2D eigenvalue weighted by atomic mass is 9.88. The first-order chi connectivity index (χ1) is 15.8. The number of nitrogens with zero attached hydrogens (tertiary/aromatic N) is 2. The third kappa shape index (κ3) is 4.38. The zero-order valence-corrected chi connectivity index (χ0v) is 19.3. The largest absolute Gasteiger partial charge is 0.465 e. The molecule has 1 aromatic carbocycles. The Morgan fingerprint density at radius 1 is 1.21 bits per heavy atom. The smallest absolute Gasteiger partial charge is 0.359 e. The SMILES string of the molecule is COC(=O)c1c(NC(=O)COC(=O)c2nn(C)c(=O)c3ccccc23)sc2c1CCC(C)C2. The van der Waals surface area contributed by atoms with Gasteiger partial charge in [-0.15, -0.1) is 11.3 Å². The van der Waals surface area contributed by atoms with Gasteiger partial charge in [-0.1, -0.05) is 25.1 Å². The fourth-order valence-electron chi connectivity index (χ4n) is 3.97. The van der Waals surface area contributed by atoms with Gasteiger partial charge < -0.3 is 14.8 Å². The van der Waals surface area contributed by atoms with Crippen molar-refractivity contribution in [1.82, 2.24) is 9.78 Å². The van der Waals surface area contributed by atoms with Crippen LogP contribution in [0.3, 0.4) is 0 Å². The van der Waals surface area contributed by atoms with E-state index in [-0.39, 0.29) is 11.3 Å². The molecule has 10 heteroatoms. The molecule has 2 heterocycles. The highest BCUT2D eigenvalue weighted by Crippen LogP contribution is 2.40. The van der Waals surface area contributed by atoms with Crippen molar-refractivity contribution in [1.29, 1.82) is 0 Å². The first kappa shape index (κ1) is 22.7. The maximum atomic E-state index is 12.6. The highest BCUT2D eigenvalue weighted by atomic mass is 32.1. The summed E-state index contributed by atoms with van der Waals surface area (Å²) < 4.78 is 11.1. The fraction of sp³-hybridized carbons (Fsp3) is 0.348. The van der Waals surface area contributed by atoms with Crippen LogP contribution in [0.2, 0.25) is 0 Å². The summed E-state index contributed by atoms with van der Waals surface area (Å²) in [5.74, 6) is -1.43. The van der Waals surface area contributed by atoms with Crippen molar-refractivity contribution >= 4 is 45.0 Å². The number of anilines is 1. The van der Waals surface area contributed by atoms with Gasteiger partial charge in [-0.2, -0.15) is 5.10 Å². The Kier molecular flexibility index (Phi) is 6.28. The standard InChI is InChI=1S/C23H23N3O6S/c1-12-8-9-15-16(10-12)33-20(18(15)22(29)31-3)24-17(27)11-32-23(30)19-13-6-4-5-7-14(13)21(28)26(2)25-19/h4-7,12H,8-11H2,1-3H3,(H,24,27). The van der Waals surface area contributed by atoms with Gasteiger partial charge in [0.15, 0.2) is 12.3 Å². The van der Waals surface area contributed by atoms with Crippen LogP contribution in [0.5, 0.6) is 0 Å². The zero-order chi connectivity index (χ0) is 23.7. The third-order valence-electron chi connectivity index (χ3n) is 5.64. The van der Waals surface area contributed by atoms with Crippen LogP contribution in [0.4, 0.5) is 5.00 Å². The summed E-state index contributed by atoms with van der Waals surface area (Å²) in [6.07, 6.45) is 2.54. The second kappa shape index (κ2) is 9.14. The van der Waals surface area contributed by atoms with Crippen LogP contribution >= 0.6 is 11.3 Å². The first-order valence-corrected chi connectivity index (χ1v) is 11.3. The fourth-order valence-corrected chi connectivity index (χ4v) is 5.38. The molecule has 172 valence electrons. The minimum atomic E-state index is -0.829. The van der Waals surface area contributed by atoms with Crippen molar-refractivity contribution in [3.05, 3.63) is 56.3 Å². The molecule has 1 atom stereocenters. The molecule has 1 aliphatic carbocycles. The monoisotopic (exact) mass is 469 g/mol. The average molecular weight is 470 g/mol. The Morgan fingerprint density at radius 3 is 2.67 bits per heavy atom. The summed E-state index contributed by atoms with van der Waals surface area (Å²) in [7, 11) is 2.74. The summed E-state index contributed by atoms with van der Waals surface area (Å²) in [4.78, 5) is 50.9. The number of fused-ring (bicyclic) bond motifs is 2. The molecular weight excluding hydrogens is 446 g/mol. The number of carbonyl (C=O) groups is 3. The predicted molar refractivity (Wildman–Crippen MR) is 123 cm³/mol. The minimum absolute atomic E-state index is 0.0590. The van der Waals surface area contributed by atoms with Crippen molar-refractivity contribution < 1.29 is 23.9 Å². The first-order valence-electron chi connectivity index (χ1n) is 10.5. The van der Waals surface area contributed by atoms with E-state index in [0.717, 1.165) is 34.4 Å². The summed E-state index contributed by atoms with van der Waals surface area (Å²) >= 11 is 1.35. The number of carbonyl (C=O) groups excluding carboxylic acids is 3. The second-order valence-electron chi connectivity index (χ2n) is 7.99. The number of methoxy groups -OCH3 is 1. The van der Waals surface area contributed by atoms with E-state index in [9.17, 15) is 19.2 Å². The lowest BCUT2D eigenvalue weighted by molar-refractivity contribution is -0.119. The molecule has 1 amide bonds. The summed E-state index contributed by atoms with van der Waals surface area (Å²) in [5, 5.41) is 7.76. The molecule has 9 nitrogen and oxygen atoms in total. The Labute approximate surface area is 193 Å². The van der Waals surface area contributed by atoms with Gasteiger partial charge in [-0.25, -0.2) is 14.3 Å². The number of aromatic nitrogens is 2. The van der Waals surface area contributed by atoms with Crippen LogP contribution in [0, 0.1) is 5.92 Å². The van der Waals surface area contributed by atoms with E-state index < -0.39 is 24.5 Å². The molecule has 0 fully saturated rings. The Morgan fingerprint density at radius 2 is 1.94 bits per heavy atom. The molecule has 2 aromatic heterocycles. The quantitative estimate of drug-likeness (QED) is 0.571. The molecule has 0 aliphatic heterocycles. The van der Waals surface area contributed by atoms with Gasteiger partial charge in [0.05, 0.1) is 18.1 Å². The predicted octanol–water partition coefficient (Wildman–Crippen LogP) is 2.70. The van der Waals surface area contributed by atoms with E-state index in [1.165, 1.54) is 25.5 Å². The Hall–Kier alpha value is -3.53. The maximum Gasteiger partial charge on any atom is 0.359 e. The summed E-state index contributed by atoms with van der Waals surface area (Å²) in [5.41, 5.74) is 0.885.